The Morgan fingerprint density at radius 1 is 1.00 bits per heavy atom. The normalized spacial score (nSPS) is 21.8. The summed E-state index contributed by atoms with van der Waals surface area (Å²) in [6.07, 6.45) is -1.65. The van der Waals surface area contributed by atoms with E-state index in [1.54, 1.807) is 6.07 Å². The molecule has 0 amide bonds. The van der Waals surface area contributed by atoms with Crippen molar-refractivity contribution in [1.29, 1.82) is 0 Å². The van der Waals surface area contributed by atoms with Crippen molar-refractivity contribution in [3.8, 4) is 0 Å². The number of esters is 1. The fourth-order valence-corrected chi connectivity index (χ4v) is 5.32. The van der Waals surface area contributed by atoms with E-state index < -0.39 is 11.7 Å². The average Bonchev–Trinajstić information content (AvgIpc) is 2.73. The van der Waals surface area contributed by atoms with Crippen LogP contribution in [0.5, 0.6) is 0 Å². The van der Waals surface area contributed by atoms with Gasteiger partial charge in [-0.25, -0.2) is 4.79 Å². The lowest BCUT2D eigenvalue weighted by Crippen LogP contribution is -2.47. The Morgan fingerprint density at radius 2 is 1.65 bits per heavy atom. The molecule has 3 rings (SSSR count). The van der Waals surface area contributed by atoms with Crippen molar-refractivity contribution in [2.45, 2.75) is 64.3 Å². The molecule has 3 atom stereocenters. The summed E-state index contributed by atoms with van der Waals surface area (Å²) >= 11 is 0. The number of rotatable bonds is 7. The van der Waals surface area contributed by atoms with Gasteiger partial charge in [0.2, 0.25) is 0 Å². The number of carbonyl (C=O) groups is 1. The highest BCUT2D eigenvalue weighted by Crippen LogP contribution is 2.43. The molecule has 1 aliphatic carbocycles. The van der Waals surface area contributed by atoms with Gasteiger partial charge < -0.3 is 9.22 Å². The Bertz CT molecular complexity index is 969. The van der Waals surface area contributed by atoms with Crippen molar-refractivity contribution in [3.05, 3.63) is 71.3 Å². The third kappa shape index (κ3) is 6.62. The van der Waals surface area contributed by atoms with Crippen LogP contribution in [0.1, 0.15) is 56.7 Å². The van der Waals surface area contributed by atoms with E-state index in [0.29, 0.717) is 18.0 Å². The Balaban J connectivity index is 1.70. The molecule has 0 unspecified atom stereocenters. The molecule has 1 fully saturated rings. The van der Waals surface area contributed by atoms with E-state index in [2.05, 4.69) is 32.9 Å². The van der Waals surface area contributed by atoms with E-state index in [-0.39, 0.29) is 34.4 Å². The van der Waals surface area contributed by atoms with Crippen molar-refractivity contribution in [2.24, 2.45) is 11.8 Å². The zero-order chi connectivity index (χ0) is 25.1. The second-order valence-electron chi connectivity index (χ2n) is 11.1. The van der Waals surface area contributed by atoms with E-state index in [0.717, 1.165) is 31.4 Å². The van der Waals surface area contributed by atoms with Gasteiger partial charge in [0.1, 0.15) is 12.6 Å². The zero-order valence-electron chi connectivity index (χ0n) is 20.9. The molecular weight excluding hydrogens is 439 g/mol. The Labute approximate surface area is 201 Å². The van der Waals surface area contributed by atoms with Gasteiger partial charge in [0, 0.05) is 11.5 Å². The lowest BCUT2D eigenvalue weighted by Gasteiger charge is -2.44. The molecule has 0 heterocycles. The number of ether oxygens (including phenoxy) is 1. The Morgan fingerprint density at radius 3 is 2.29 bits per heavy atom. The molecule has 1 saturated carbocycles. The molecular formula is C28H37F3NO2+. The summed E-state index contributed by atoms with van der Waals surface area (Å²) in [6, 6.07) is 15.7. The molecule has 186 valence electrons. The van der Waals surface area contributed by atoms with Crippen molar-refractivity contribution in [1.82, 2.24) is 0 Å². The van der Waals surface area contributed by atoms with Crippen LogP contribution in [-0.2, 0) is 27.7 Å². The van der Waals surface area contributed by atoms with E-state index in [1.807, 2.05) is 32.3 Å². The third-order valence-corrected chi connectivity index (χ3v) is 7.20. The summed E-state index contributed by atoms with van der Waals surface area (Å²) in [7, 11) is 3.69. The van der Waals surface area contributed by atoms with Gasteiger partial charge >= 0.3 is 12.1 Å². The summed E-state index contributed by atoms with van der Waals surface area (Å²) in [4.78, 5) is 13.0. The number of nitrogens with zero attached hydrogens (tertiary/aromatic N) is 1. The number of carbonyl (C=O) groups excluding carboxylic acids is 1. The van der Waals surface area contributed by atoms with Gasteiger partial charge in [0.15, 0.2) is 6.54 Å². The smallest absolute Gasteiger partial charge is 0.416 e. The largest absolute Gasteiger partial charge is 0.458 e. The van der Waals surface area contributed by atoms with Gasteiger partial charge in [0.25, 0.3) is 0 Å². The van der Waals surface area contributed by atoms with Crippen molar-refractivity contribution in [3.63, 3.8) is 0 Å². The van der Waals surface area contributed by atoms with Crippen LogP contribution in [0.25, 0.3) is 0 Å². The maximum Gasteiger partial charge on any atom is 0.416 e. The summed E-state index contributed by atoms with van der Waals surface area (Å²) in [6.45, 7) is 7.04. The maximum atomic E-state index is 13.1. The topological polar surface area (TPSA) is 26.3 Å². The van der Waals surface area contributed by atoms with Crippen LogP contribution in [0.4, 0.5) is 13.2 Å². The number of benzene rings is 2. The molecule has 0 N–H and O–H groups in total. The van der Waals surface area contributed by atoms with Gasteiger partial charge in [-0.3, -0.25) is 0 Å². The first kappa shape index (κ1) is 26.3. The van der Waals surface area contributed by atoms with Crippen LogP contribution < -0.4 is 0 Å². The molecule has 2 aromatic carbocycles. The van der Waals surface area contributed by atoms with Crippen molar-refractivity contribution < 1.29 is 27.2 Å². The first-order valence-corrected chi connectivity index (χ1v) is 12.0. The minimum absolute atomic E-state index is 0.0968. The third-order valence-electron chi connectivity index (χ3n) is 7.20. The van der Waals surface area contributed by atoms with E-state index in [9.17, 15) is 18.0 Å². The van der Waals surface area contributed by atoms with Gasteiger partial charge in [-0.2, -0.15) is 13.2 Å². The van der Waals surface area contributed by atoms with E-state index >= 15 is 0 Å². The lowest BCUT2D eigenvalue weighted by atomic mass is 9.64. The molecule has 0 aliphatic heterocycles. The lowest BCUT2D eigenvalue weighted by molar-refractivity contribution is -0.896. The maximum absolute atomic E-state index is 13.1. The van der Waals surface area contributed by atoms with Gasteiger partial charge in [0.05, 0.1) is 19.7 Å². The van der Waals surface area contributed by atoms with Crippen LogP contribution >= 0.6 is 0 Å². The van der Waals surface area contributed by atoms with Crippen LogP contribution in [0.2, 0.25) is 0 Å². The minimum Gasteiger partial charge on any atom is -0.458 e. The molecule has 0 saturated heterocycles. The highest BCUT2D eigenvalue weighted by Gasteiger charge is 2.42. The first-order valence-electron chi connectivity index (χ1n) is 12.0. The van der Waals surface area contributed by atoms with Gasteiger partial charge in [-0.1, -0.05) is 69.7 Å². The monoisotopic (exact) mass is 476 g/mol. The molecule has 0 radical (unpaired) electrons. The molecule has 0 bridgehead atoms. The standard InChI is InChI=1S/C28H37F3NO2/c1-20-14-15-24(27(2,3)22-11-7-6-8-12-22)25(16-20)34-26(33)19-32(4,5)18-21-10-9-13-23(17-21)28(29,30)31/h6-13,17,20,24-25H,14-16,18-19H2,1-5H3/q+1/t20-,24-,25-/m1/s1. The zero-order valence-corrected chi connectivity index (χ0v) is 20.9. The molecule has 0 aromatic heterocycles. The number of likely N-dealkylation sites (N-methyl/N-ethyl adjacent to an activating group) is 1. The summed E-state index contributed by atoms with van der Waals surface area (Å²) in [5.74, 6) is 0.382. The Hall–Kier alpha value is -2.34. The number of hydrogen-bond acceptors (Lipinski definition) is 2. The molecule has 0 spiro atoms. The van der Waals surface area contributed by atoms with Gasteiger partial charge in [-0.05, 0) is 41.9 Å². The molecule has 3 nitrogen and oxygen atoms in total. The number of halogens is 3. The van der Waals surface area contributed by atoms with E-state index in [1.165, 1.54) is 11.6 Å². The second kappa shape index (κ2) is 10.1. The predicted molar refractivity (Wildman–Crippen MR) is 128 cm³/mol. The number of hydrogen-bond donors (Lipinski definition) is 0. The molecule has 34 heavy (non-hydrogen) atoms. The van der Waals surface area contributed by atoms with Crippen LogP contribution in [-0.4, -0.2) is 37.2 Å². The second-order valence-corrected chi connectivity index (χ2v) is 11.1. The fraction of sp³-hybridized carbons (Fsp3) is 0.536. The van der Waals surface area contributed by atoms with E-state index in [4.69, 9.17) is 4.74 Å². The SMILES string of the molecule is C[C@@H]1CC[C@@H](C(C)(C)c2ccccc2)[C@H](OC(=O)C[N+](C)(C)Cc2cccc(C(F)(F)F)c2)C1. The summed E-state index contributed by atoms with van der Waals surface area (Å²) in [5, 5.41) is 0. The Kier molecular flexibility index (Phi) is 7.81. The predicted octanol–water partition coefficient (Wildman–Crippen LogP) is 6.61. The summed E-state index contributed by atoms with van der Waals surface area (Å²) < 4.78 is 45.6. The van der Waals surface area contributed by atoms with Crippen LogP contribution in [0.15, 0.2) is 54.6 Å². The quantitative estimate of drug-likeness (QED) is 0.332. The first-order chi connectivity index (χ1) is 15.8. The number of alkyl halides is 3. The van der Waals surface area contributed by atoms with Crippen molar-refractivity contribution in [2.75, 3.05) is 20.6 Å². The summed E-state index contributed by atoms with van der Waals surface area (Å²) in [5.41, 5.74) is 0.961. The molecule has 2 aromatic rings. The molecule has 6 heteroatoms. The van der Waals surface area contributed by atoms with Crippen molar-refractivity contribution >= 4 is 5.97 Å². The number of quaternary nitrogens is 1. The highest BCUT2D eigenvalue weighted by molar-refractivity contribution is 5.70. The van der Waals surface area contributed by atoms with Crippen LogP contribution in [0.3, 0.4) is 0 Å². The minimum atomic E-state index is -4.38. The molecule has 1 aliphatic rings. The van der Waals surface area contributed by atoms with Crippen LogP contribution in [0, 0.1) is 11.8 Å². The fourth-order valence-electron chi connectivity index (χ4n) is 5.32. The van der Waals surface area contributed by atoms with Gasteiger partial charge in [-0.15, -0.1) is 0 Å². The highest BCUT2D eigenvalue weighted by atomic mass is 19.4. The average molecular weight is 477 g/mol.